The first kappa shape index (κ1) is 14.8. The first-order valence-corrected chi connectivity index (χ1v) is 7.54. The number of benzene rings is 1. The molecule has 2 aromatic rings. The van der Waals surface area contributed by atoms with Gasteiger partial charge in [0.05, 0.1) is 10.2 Å². The molecule has 0 unspecified atom stereocenters. The normalized spacial score (nSPS) is 10.6. The highest BCUT2D eigenvalue weighted by molar-refractivity contribution is 9.10. The molecule has 0 radical (unpaired) electrons. The Labute approximate surface area is 127 Å². The van der Waals surface area contributed by atoms with E-state index in [1.54, 1.807) is 12.1 Å². The van der Waals surface area contributed by atoms with E-state index in [1.165, 1.54) is 0 Å². The maximum Gasteiger partial charge on any atom is 0.161 e. The van der Waals surface area contributed by atoms with E-state index in [0.717, 1.165) is 40.9 Å². The standard InChI is InChI=1S/C15H18BrN3O/c1-3-5-12-13(16)15(17-4-2)19-14(18-12)10-6-8-11(20)9-7-10/h6-9,20H,3-5H2,1-2H3,(H,17,18,19). The van der Waals surface area contributed by atoms with Crippen LogP contribution in [0.25, 0.3) is 11.4 Å². The molecule has 0 saturated carbocycles. The summed E-state index contributed by atoms with van der Waals surface area (Å²) in [4.78, 5) is 9.18. The summed E-state index contributed by atoms with van der Waals surface area (Å²) >= 11 is 3.57. The summed E-state index contributed by atoms with van der Waals surface area (Å²) in [5.74, 6) is 1.73. The summed E-state index contributed by atoms with van der Waals surface area (Å²) in [5, 5.41) is 12.6. The zero-order chi connectivity index (χ0) is 14.5. The topological polar surface area (TPSA) is 58.0 Å². The number of nitrogens with one attached hydrogen (secondary N) is 1. The van der Waals surface area contributed by atoms with Crippen molar-refractivity contribution >= 4 is 21.7 Å². The Hall–Kier alpha value is -1.62. The second-order valence-corrected chi connectivity index (χ2v) is 5.28. The molecule has 20 heavy (non-hydrogen) atoms. The van der Waals surface area contributed by atoms with Crippen molar-refractivity contribution < 1.29 is 5.11 Å². The summed E-state index contributed by atoms with van der Waals surface area (Å²) in [6, 6.07) is 6.94. The van der Waals surface area contributed by atoms with E-state index >= 15 is 0 Å². The summed E-state index contributed by atoms with van der Waals surface area (Å²) in [6.07, 6.45) is 1.92. The Bertz CT molecular complexity index is 557. The van der Waals surface area contributed by atoms with Gasteiger partial charge in [-0.1, -0.05) is 13.3 Å². The average Bonchev–Trinajstić information content (AvgIpc) is 2.44. The number of hydrogen-bond donors (Lipinski definition) is 2. The third-order valence-electron chi connectivity index (χ3n) is 2.88. The first-order chi connectivity index (χ1) is 9.65. The van der Waals surface area contributed by atoms with E-state index in [4.69, 9.17) is 0 Å². The molecule has 0 saturated heterocycles. The number of hydrogen-bond acceptors (Lipinski definition) is 4. The summed E-state index contributed by atoms with van der Waals surface area (Å²) in [6.45, 7) is 4.96. The van der Waals surface area contributed by atoms with Crippen LogP contribution in [0.2, 0.25) is 0 Å². The van der Waals surface area contributed by atoms with Crippen molar-refractivity contribution in [3.8, 4) is 17.1 Å². The highest BCUT2D eigenvalue weighted by atomic mass is 79.9. The zero-order valence-corrected chi connectivity index (χ0v) is 13.2. The van der Waals surface area contributed by atoms with Gasteiger partial charge in [0.15, 0.2) is 5.82 Å². The number of anilines is 1. The largest absolute Gasteiger partial charge is 0.508 e. The van der Waals surface area contributed by atoms with Gasteiger partial charge in [0.25, 0.3) is 0 Å². The number of aryl methyl sites for hydroxylation is 1. The van der Waals surface area contributed by atoms with E-state index in [2.05, 4.69) is 38.1 Å². The molecule has 4 nitrogen and oxygen atoms in total. The Morgan fingerprint density at radius 1 is 1.15 bits per heavy atom. The Kier molecular flexibility index (Phi) is 4.95. The minimum Gasteiger partial charge on any atom is -0.508 e. The fourth-order valence-electron chi connectivity index (χ4n) is 1.92. The molecule has 0 bridgehead atoms. The lowest BCUT2D eigenvalue weighted by Crippen LogP contribution is -2.06. The van der Waals surface area contributed by atoms with E-state index in [9.17, 15) is 5.11 Å². The molecule has 0 aliphatic heterocycles. The van der Waals surface area contributed by atoms with Crippen LogP contribution in [0.4, 0.5) is 5.82 Å². The van der Waals surface area contributed by atoms with Gasteiger partial charge in [0.2, 0.25) is 0 Å². The maximum atomic E-state index is 9.36. The van der Waals surface area contributed by atoms with Crippen LogP contribution in [0, 0.1) is 0 Å². The minimum absolute atomic E-state index is 0.242. The molecule has 1 aromatic heterocycles. The third-order valence-corrected chi connectivity index (χ3v) is 3.71. The molecule has 1 aromatic carbocycles. The van der Waals surface area contributed by atoms with E-state index in [0.29, 0.717) is 5.82 Å². The van der Waals surface area contributed by atoms with Gasteiger partial charge in [-0.2, -0.15) is 0 Å². The zero-order valence-electron chi connectivity index (χ0n) is 11.7. The summed E-state index contributed by atoms with van der Waals surface area (Å²) < 4.78 is 0.934. The van der Waals surface area contributed by atoms with Gasteiger partial charge in [-0.25, -0.2) is 9.97 Å². The van der Waals surface area contributed by atoms with Gasteiger partial charge in [-0.3, -0.25) is 0 Å². The van der Waals surface area contributed by atoms with Gasteiger partial charge in [-0.15, -0.1) is 0 Å². The van der Waals surface area contributed by atoms with Crippen LogP contribution >= 0.6 is 15.9 Å². The minimum atomic E-state index is 0.242. The van der Waals surface area contributed by atoms with Gasteiger partial charge >= 0.3 is 0 Å². The Balaban J connectivity index is 2.49. The van der Waals surface area contributed by atoms with Crippen LogP contribution in [0.3, 0.4) is 0 Å². The molecule has 106 valence electrons. The number of halogens is 1. The van der Waals surface area contributed by atoms with Crippen LogP contribution in [0.1, 0.15) is 26.0 Å². The second kappa shape index (κ2) is 6.70. The molecule has 0 aliphatic carbocycles. The van der Waals surface area contributed by atoms with E-state index in [-0.39, 0.29) is 5.75 Å². The van der Waals surface area contributed by atoms with Crippen molar-refractivity contribution in [1.82, 2.24) is 9.97 Å². The molecule has 2 N–H and O–H groups in total. The molecule has 0 atom stereocenters. The van der Waals surface area contributed by atoms with Crippen molar-refractivity contribution in [2.45, 2.75) is 26.7 Å². The molecule has 0 fully saturated rings. The average molecular weight is 336 g/mol. The van der Waals surface area contributed by atoms with Crippen molar-refractivity contribution in [3.63, 3.8) is 0 Å². The molecular weight excluding hydrogens is 318 g/mol. The first-order valence-electron chi connectivity index (χ1n) is 6.75. The molecule has 0 spiro atoms. The third kappa shape index (κ3) is 3.28. The number of phenolic OH excluding ortho intramolecular Hbond substituents is 1. The monoisotopic (exact) mass is 335 g/mol. The van der Waals surface area contributed by atoms with Gasteiger partial charge < -0.3 is 10.4 Å². The van der Waals surface area contributed by atoms with Gasteiger partial charge in [-0.05, 0) is 53.5 Å². The summed E-state index contributed by atoms with van der Waals surface area (Å²) in [7, 11) is 0. The molecule has 0 amide bonds. The molecule has 0 aliphatic rings. The molecule has 5 heteroatoms. The van der Waals surface area contributed by atoms with Crippen molar-refractivity contribution in [3.05, 3.63) is 34.4 Å². The predicted molar refractivity (Wildman–Crippen MR) is 85.0 cm³/mol. The maximum absolute atomic E-state index is 9.36. The Morgan fingerprint density at radius 2 is 1.85 bits per heavy atom. The number of nitrogens with zero attached hydrogens (tertiary/aromatic N) is 2. The smallest absolute Gasteiger partial charge is 0.161 e. The van der Waals surface area contributed by atoms with Crippen LogP contribution in [-0.4, -0.2) is 21.6 Å². The fraction of sp³-hybridized carbons (Fsp3) is 0.333. The van der Waals surface area contributed by atoms with Crippen molar-refractivity contribution in [2.24, 2.45) is 0 Å². The van der Waals surface area contributed by atoms with Gasteiger partial charge in [0, 0.05) is 12.1 Å². The van der Waals surface area contributed by atoms with Crippen LogP contribution in [0.15, 0.2) is 28.7 Å². The van der Waals surface area contributed by atoms with E-state index < -0.39 is 0 Å². The van der Waals surface area contributed by atoms with Crippen LogP contribution in [0.5, 0.6) is 5.75 Å². The van der Waals surface area contributed by atoms with Crippen molar-refractivity contribution in [2.75, 3.05) is 11.9 Å². The fourth-order valence-corrected chi connectivity index (χ4v) is 2.44. The predicted octanol–water partition coefficient (Wildman–Crippen LogP) is 4.00. The van der Waals surface area contributed by atoms with Crippen LogP contribution < -0.4 is 5.32 Å². The lowest BCUT2D eigenvalue weighted by Gasteiger charge is -2.12. The number of aromatic nitrogens is 2. The van der Waals surface area contributed by atoms with Crippen molar-refractivity contribution in [1.29, 1.82) is 0 Å². The quantitative estimate of drug-likeness (QED) is 0.867. The SMILES string of the molecule is CCCc1nc(-c2ccc(O)cc2)nc(NCC)c1Br. The summed E-state index contributed by atoms with van der Waals surface area (Å²) in [5.41, 5.74) is 1.90. The van der Waals surface area contributed by atoms with Gasteiger partial charge in [0.1, 0.15) is 11.6 Å². The Morgan fingerprint density at radius 3 is 2.45 bits per heavy atom. The molecular formula is C15H18BrN3O. The highest BCUT2D eigenvalue weighted by Gasteiger charge is 2.12. The van der Waals surface area contributed by atoms with Crippen LogP contribution in [-0.2, 0) is 6.42 Å². The number of phenols is 1. The molecule has 2 rings (SSSR count). The highest BCUT2D eigenvalue weighted by Crippen LogP contribution is 2.28. The lowest BCUT2D eigenvalue weighted by molar-refractivity contribution is 0.475. The second-order valence-electron chi connectivity index (χ2n) is 4.48. The lowest BCUT2D eigenvalue weighted by atomic mass is 10.2. The number of rotatable bonds is 5. The molecule has 1 heterocycles. The van der Waals surface area contributed by atoms with E-state index in [1.807, 2.05) is 19.1 Å². The number of aromatic hydroxyl groups is 1.